The Hall–Kier alpha value is -0.590. The largest absolute Gasteiger partial charge is 0.330 e. The lowest BCUT2D eigenvalue weighted by molar-refractivity contribution is 0.611. The summed E-state index contributed by atoms with van der Waals surface area (Å²) in [4.78, 5) is 0. The lowest BCUT2D eigenvalue weighted by Crippen LogP contribution is -2.17. The zero-order chi connectivity index (χ0) is 8.36. The predicted molar refractivity (Wildman–Crippen MR) is 46.0 cm³/mol. The Balaban J connectivity index is 2.75. The molecule has 0 atom stereocenters. The van der Waals surface area contributed by atoms with Crippen LogP contribution < -0.4 is 11.1 Å². The molecule has 0 fully saturated rings. The fraction of sp³-hybridized carbons (Fsp3) is 0.875. The van der Waals surface area contributed by atoms with Gasteiger partial charge in [-0.05, 0) is 38.9 Å². The van der Waals surface area contributed by atoms with Gasteiger partial charge in [0, 0.05) is 6.42 Å². The van der Waals surface area contributed by atoms with Crippen LogP contribution in [-0.4, -0.2) is 19.6 Å². The van der Waals surface area contributed by atoms with Gasteiger partial charge in [-0.25, -0.2) is 0 Å². The number of hydrogen-bond acceptors (Lipinski definition) is 3. The molecule has 0 bridgehead atoms. The van der Waals surface area contributed by atoms with Crippen LogP contribution >= 0.6 is 0 Å². The average Bonchev–Trinajstić information content (AvgIpc) is 2.03. The second-order valence-electron chi connectivity index (χ2n) is 2.51. The maximum absolute atomic E-state index is 8.21. The van der Waals surface area contributed by atoms with Crippen molar-refractivity contribution in [1.82, 2.24) is 5.32 Å². The van der Waals surface area contributed by atoms with Gasteiger partial charge in [-0.3, -0.25) is 0 Å². The van der Waals surface area contributed by atoms with Gasteiger partial charge in [0.25, 0.3) is 0 Å². The maximum atomic E-state index is 8.21. The second-order valence-corrected chi connectivity index (χ2v) is 2.51. The first-order valence-electron chi connectivity index (χ1n) is 4.19. The monoisotopic (exact) mass is 155 g/mol. The molecule has 0 aliphatic heterocycles. The van der Waals surface area contributed by atoms with Gasteiger partial charge >= 0.3 is 0 Å². The highest BCUT2D eigenvalue weighted by Gasteiger charge is 1.87. The molecule has 0 unspecified atom stereocenters. The molecule has 0 aromatic heterocycles. The SMILES string of the molecule is N#CCCCNCCCCN. The predicted octanol–water partition coefficient (Wildman–Crippen LogP) is 0.619. The lowest BCUT2D eigenvalue weighted by atomic mass is 10.3. The second kappa shape index (κ2) is 9.41. The Morgan fingerprint density at radius 1 is 1.18 bits per heavy atom. The smallest absolute Gasteiger partial charge is 0.0622 e. The molecule has 3 nitrogen and oxygen atoms in total. The fourth-order valence-corrected chi connectivity index (χ4v) is 0.812. The molecule has 0 spiro atoms. The van der Waals surface area contributed by atoms with Crippen LogP contribution in [0, 0.1) is 11.3 Å². The third-order valence-corrected chi connectivity index (χ3v) is 1.45. The van der Waals surface area contributed by atoms with Crippen LogP contribution in [0.1, 0.15) is 25.7 Å². The summed E-state index contributed by atoms with van der Waals surface area (Å²) in [5.74, 6) is 0. The number of nitrogens with one attached hydrogen (secondary N) is 1. The third-order valence-electron chi connectivity index (χ3n) is 1.45. The van der Waals surface area contributed by atoms with Gasteiger partial charge in [-0.15, -0.1) is 0 Å². The van der Waals surface area contributed by atoms with Crippen LogP contribution in [0.2, 0.25) is 0 Å². The molecule has 11 heavy (non-hydrogen) atoms. The molecule has 0 aromatic rings. The average molecular weight is 155 g/mol. The first-order chi connectivity index (χ1) is 5.41. The van der Waals surface area contributed by atoms with Gasteiger partial charge in [-0.2, -0.15) is 5.26 Å². The van der Waals surface area contributed by atoms with E-state index >= 15 is 0 Å². The molecular weight excluding hydrogens is 138 g/mol. The Kier molecular flexibility index (Phi) is 8.91. The molecule has 0 saturated heterocycles. The van der Waals surface area contributed by atoms with Crippen molar-refractivity contribution < 1.29 is 0 Å². The highest BCUT2D eigenvalue weighted by molar-refractivity contribution is 4.68. The van der Waals surface area contributed by atoms with E-state index in [9.17, 15) is 0 Å². The lowest BCUT2D eigenvalue weighted by Gasteiger charge is -2.00. The van der Waals surface area contributed by atoms with Crippen LogP contribution in [0.5, 0.6) is 0 Å². The summed E-state index contributed by atoms with van der Waals surface area (Å²) in [7, 11) is 0. The fourth-order valence-electron chi connectivity index (χ4n) is 0.812. The summed E-state index contributed by atoms with van der Waals surface area (Å²) in [5, 5.41) is 11.5. The van der Waals surface area contributed by atoms with E-state index in [1.54, 1.807) is 0 Å². The van der Waals surface area contributed by atoms with Crippen LogP contribution in [-0.2, 0) is 0 Å². The van der Waals surface area contributed by atoms with Crippen molar-refractivity contribution in [3.8, 4) is 6.07 Å². The van der Waals surface area contributed by atoms with Crippen molar-refractivity contribution >= 4 is 0 Å². The molecule has 0 heterocycles. The van der Waals surface area contributed by atoms with Crippen LogP contribution in [0.25, 0.3) is 0 Å². The minimum Gasteiger partial charge on any atom is -0.330 e. The van der Waals surface area contributed by atoms with Gasteiger partial charge in [-0.1, -0.05) is 0 Å². The molecule has 0 aromatic carbocycles. The highest BCUT2D eigenvalue weighted by atomic mass is 14.8. The molecular formula is C8H17N3. The number of rotatable bonds is 7. The standard InChI is InChI=1S/C8H17N3/c9-5-1-3-7-11-8-4-2-6-10/h11H,1-5,7-9H2. The highest BCUT2D eigenvalue weighted by Crippen LogP contribution is 1.85. The molecule has 64 valence electrons. The van der Waals surface area contributed by atoms with Crippen molar-refractivity contribution in [2.75, 3.05) is 19.6 Å². The Bertz CT molecular complexity index is 106. The molecule has 0 aliphatic rings. The van der Waals surface area contributed by atoms with E-state index in [0.29, 0.717) is 6.42 Å². The summed E-state index contributed by atoms with van der Waals surface area (Å²) < 4.78 is 0. The molecule has 0 radical (unpaired) electrons. The van der Waals surface area contributed by atoms with Crippen molar-refractivity contribution in [2.24, 2.45) is 5.73 Å². The topological polar surface area (TPSA) is 61.8 Å². The van der Waals surface area contributed by atoms with Crippen molar-refractivity contribution in [3.63, 3.8) is 0 Å². The number of nitrogens with zero attached hydrogens (tertiary/aromatic N) is 1. The minimum absolute atomic E-state index is 0.657. The first-order valence-corrected chi connectivity index (χ1v) is 4.19. The molecule has 3 heteroatoms. The van der Waals surface area contributed by atoms with E-state index < -0.39 is 0 Å². The Morgan fingerprint density at radius 2 is 1.91 bits per heavy atom. The quantitative estimate of drug-likeness (QED) is 0.530. The van der Waals surface area contributed by atoms with E-state index in [1.807, 2.05) is 0 Å². The summed E-state index contributed by atoms with van der Waals surface area (Å²) in [6.45, 7) is 2.76. The van der Waals surface area contributed by atoms with E-state index in [-0.39, 0.29) is 0 Å². The molecule has 0 amide bonds. The maximum Gasteiger partial charge on any atom is 0.0622 e. The number of nitrogens with two attached hydrogens (primary N) is 1. The molecule has 0 saturated carbocycles. The van der Waals surface area contributed by atoms with E-state index in [4.69, 9.17) is 11.0 Å². The minimum atomic E-state index is 0.657. The third kappa shape index (κ3) is 9.41. The van der Waals surface area contributed by atoms with Gasteiger partial charge in [0.15, 0.2) is 0 Å². The normalized spacial score (nSPS) is 9.45. The Morgan fingerprint density at radius 3 is 2.55 bits per heavy atom. The molecule has 0 aliphatic carbocycles. The van der Waals surface area contributed by atoms with Gasteiger partial charge in [0.2, 0.25) is 0 Å². The number of nitriles is 1. The van der Waals surface area contributed by atoms with Gasteiger partial charge < -0.3 is 11.1 Å². The number of unbranched alkanes of at least 4 members (excludes halogenated alkanes) is 2. The summed E-state index contributed by atoms with van der Waals surface area (Å²) in [5.41, 5.74) is 5.32. The molecule has 0 rings (SSSR count). The van der Waals surface area contributed by atoms with Crippen LogP contribution in [0.3, 0.4) is 0 Å². The van der Waals surface area contributed by atoms with Crippen LogP contribution in [0.15, 0.2) is 0 Å². The van der Waals surface area contributed by atoms with E-state index in [1.165, 1.54) is 0 Å². The van der Waals surface area contributed by atoms with Gasteiger partial charge in [0.1, 0.15) is 0 Å². The molecule has 3 N–H and O–H groups in total. The van der Waals surface area contributed by atoms with Crippen LogP contribution in [0.4, 0.5) is 0 Å². The van der Waals surface area contributed by atoms with Crippen molar-refractivity contribution in [1.29, 1.82) is 5.26 Å². The van der Waals surface area contributed by atoms with E-state index in [2.05, 4.69) is 11.4 Å². The summed E-state index contributed by atoms with van der Waals surface area (Å²) >= 11 is 0. The van der Waals surface area contributed by atoms with Gasteiger partial charge in [0.05, 0.1) is 6.07 Å². The van der Waals surface area contributed by atoms with Crippen molar-refractivity contribution in [3.05, 3.63) is 0 Å². The zero-order valence-electron chi connectivity index (χ0n) is 6.97. The summed E-state index contributed by atoms with van der Waals surface area (Å²) in [6, 6.07) is 2.11. The first kappa shape index (κ1) is 10.4. The zero-order valence-corrected chi connectivity index (χ0v) is 6.97. The van der Waals surface area contributed by atoms with E-state index in [0.717, 1.165) is 38.9 Å². The summed E-state index contributed by atoms with van der Waals surface area (Å²) in [6.07, 6.45) is 3.84. The van der Waals surface area contributed by atoms with Crippen molar-refractivity contribution in [2.45, 2.75) is 25.7 Å². The number of hydrogen-bond donors (Lipinski definition) is 2. The Labute approximate surface area is 68.6 Å².